The van der Waals surface area contributed by atoms with Crippen LogP contribution in [0.2, 0.25) is 0 Å². The largest absolute Gasteiger partial charge is 0.573 e. The molecule has 0 radical (unpaired) electrons. The van der Waals surface area contributed by atoms with Gasteiger partial charge in [-0.2, -0.15) is 17.8 Å². The van der Waals surface area contributed by atoms with Gasteiger partial charge in [0.25, 0.3) is 5.91 Å². The van der Waals surface area contributed by atoms with Crippen molar-refractivity contribution < 1.29 is 40.5 Å². The molecular weight excluding hydrogens is 560 g/mol. The van der Waals surface area contributed by atoms with Gasteiger partial charge in [-0.1, -0.05) is 0 Å². The van der Waals surface area contributed by atoms with Crippen molar-refractivity contribution in [1.82, 2.24) is 14.9 Å². The minimum Gasteiger partial charge on any atom is -0.406 e. The number of rotatable bonds is 4. The standard InChI is InChI=1S/C26H24F6N5O2S/c27-25(28,29)23-14-22(20-13-19(39-26(30,31)32)3-4-21(20)33-23)34-5-7-36(8-6-34)37-10-1-2-18(37)12-17(15-37)24(38)35-9-11-40-16-35/h1-4,10,12-14H,5-9,11,15-16H2/q+1/t37-/m1/s1. The van der Waals surface area contributed by atoms with Crippen LogP contribution < -0.4 is 9.64 Å². The molecular formula is C26H24F6N5O2S+. The molecule has 0 N–H and O–H groups in total. The second-order valence-electron chi connectivity index (χ2n) is 9.89. The fourth-order valence-electron chi connectivity index (χ4n) is 5.64. The number of quaternary nitrogens is 1. The molecule has 1 aromatic heterocycles. The molecule has 0 bridgehead atoms. The normalized spacial score (nSPS) is 23.6. The van der Waals surface area contributed by atoms with E-state index < -0.39 is 24.0 Å². The summed E-state index contributed by atoms with van der Waals surface area (Å²) in [7, 11) is 0. The molecule has 40 heavy (non-hydrogen) atoms. The number of allylic oxidation sites excluding steroid dienone is 3. The average Bonchev–Trinajstić information content (AvgIpc) is 3.63. The number of piperazine rings is 1. The van der Waals surface area contributed by atoms with Gasteiger partial charge in [0.2, 0.25) is 0 Å². The van der Waals surface area contributed by atoms with E-state index in [1.807, 2.05) is 29.3 Å². The Bertz CT molecular complexity index is 1440. The molecule has 4 aliphatic heterocycles. The molecule has 0 unspecified atom stereocenters. The zero-order valence-electron chi connectivity index (χ0n) is 21.0. The third-order valence-corrected chi connectivity index (χ3v) is 8.44. The number of benzene rings is 1. The summed E-state index contributed by atoms with van der Waals surface area (Å²) in [6.07, 6.45) is -1.86. The zero-order valence-corrected chi connectivity index (χ0v) is 21.8. The molecule has 212 valence electrons. The van der Waals surface area contributed by atoms with Crippen LogP contribution in [0.3, 0.4) is 0 Å². The van der Waals surface area contributed by atoms with Gasteiger partial charge in [-0.3, -0.25) is 4.79 Å². The lowest BCUT2D eigenvalue weighted by Gasteiger charge is -2.44. The highest BCUT2D eigenvalue weighted by molar-refractivity contribution is 7.99. The fraction of sp³-hybridized carbons (Fsp3) is 0.385. The van der Waals surface area contributed by atoms with Gasteiger partial charge in [-0.05, 0) is 30.3 Å². The molecule has 14 heteroatoms. The van der Waals surface area contributed by atoms with Crippen molar-refractivity contribution in [3.05, 3.63) is 65.7 Å². The first-order chi connectivity index (χ1) is 18.9. The van der Waals surface area contributed by atoms with Gasteiger partial charge in [0, 0.05) is 48.6 Å². The summed E-state index contributed by atoms with van der Waals surface area (Å²) in [5.41, 5.74) is 0.602. The zero-order chi connectivity index (χ0) is 28.3. The van der Waals surface area contributed by atoms with Crippen LogP contribution in [-0.2, 0) is 11.0 Å². The quantitative estimate of drug-likeness (QED) is 0.377. The minimum absolute atomic E-state index is 0.0182. The van der Waals surface area contributed by atoms with Gasteiger partial charge < -0.3 is 14.5 Å². The third kappa shape index (κ3) is 4.92. The molecule has 2 fully saturated rings. The maximum atomic E-state index is 13.7. The van der Waals surface area contributed by atoms with E-state index in [2.05, 4.69) is 14.7 Å². The number of alkyl halides is 6. The van der Waals surface area contributed by atoms with E-state index in [1.165, 1.54) is 0 Å². The van der Waals surface area contributed by atoms with Gasteiger partial charge in [-0.15, -0.1) is 29.9 Å². The van der Waals surface area contributed by atoms with Crippen LogP contribution in [0.1, 0.15) is 5.69 Å². The van der Waals surface area contributed by atoms with Crippen LogP contribution in [0.4, 0.5) is 32.0 Å². The second-order valence-corrected chi connectivity index (χ2v) is 11.0. The Balaban J connectivity index is 1.25. The number of carbonyl (C=O) groups excluding carboxylic acids is 1. The first-order valence-corrected chi connectivity index (χ1v) is 13.7. The van der Waals surface area contributed by atoms with E-state index in [0.29, 0.717) is 55.3 Å². The molecule has 1 aromatic carbocycles. The van der Waals surface area contributed by atoms with Crippen molar-refractivity contribution in [2.24, 2.45) is 0 Å². The SMILES string of the molecule is O=C(C1=CC2=CC=C[N@@+]2(N2CCN(c3cc(C(F)(F)F)nc4ccc(OC(F)(F)F)cc34)CC2)C1)N1CCSC1. The lowest BCUT2D eigenvalue weighted by molar-refractivity contribution is -0.948. The molecule has 0 spiro atoms. The summed E-state index contributed by atoms with van der Waals surface area (Å²) >= 11 is 1.71. The van der Waals surface area contributed by atoms with Crippen molar-refractivity contribution in [2.75, 3.05) is 55.8 Å². The van der Waals surface area contributed by atoms with E-state index in [4.69, 9.17) is 0 Å². The number of ether oxygens (including phenoxy) is 1. The van der Waals surface area contributed by atoms with Gasteiger partial charge in [0.1, 0.15) is 24.2 Å². The van der Waals surface area contributed by atoms with E-state index in [-0.39, 0.29) is 22.5 Å². The monoisotopic (exact) mass is 584 g/mol. The summed E-state index contributed by atoms with van der Waals surface area (Å²) in [5, 5.41) is 2.30. The average molecular weight is 585 g/mol. The molecule has 2 aromatic rings. The fourth-order valence-corrected chi connectivity index (χ4v) is 6.58. The van der Waals surface area contributed by atoms with Gasteiger partial charge in [0.05, 0.1) is 30.1 Å². The highest BCUT2D eigenvalue weighted by Gasteiger charge is 2.48. The molecule has 5 heterocycles. The Labute approximate surface area is 229 Å². The topological polar surface area (TPSA) is 48.9 Å². The van der Waals surface area contributed by atoms with E-state index in [9.17, 15) is 31.1 Å². The number of aromatic nitrogens is 1. The smallest absolute Gasteiger partial charge is 0.406 e. The Morgan fingerprint density at radius 1 is 1.02 bits per heavy atom. The van der Waals surface area contributed by atoms with Gasteiger partial charge in [-0.25, -0.2) is 4.98 Å². The number of thioether (sulfide) groups is 1. The Hall–Kier alpha value is -3.23. The van der Waals surface area contributed by atoms with Crippen molar-refractivity contribution in [2.45, 2.75) is 12.5 Å². The second kappa shape index (κ2) is 9.70. The number of amides is 1. The number of anilines is 1. The lowest BCUT2D eigenvalue weighted by Crippen LogP contribution is -2.60. The van der Waals surface area contributed by atoms with E-state index in [0.717, 1.165) is 35.7 Å². The van der Waals surface area contributed by atoms with Crippen LogP contribution in [0.5, 0.6) is 5.75 Å². The van der Waals surface area contributed by atoms with Crippen LogP contribution in [-0.4, -0.2) is 82.7 Å². The number of carbonyl (C=O) groups is 1. The molecule has 1 atom stereocenters. The molecule has 0 saturated carbocycles. The number of nitrogens with zero attached hydrogens (tertiary/aromatic N) is 5. The number of fused-ring (bicyclic) bond motifs is 2. The van der Waals surface area contributed by atoms with Crippen LogP contribution in [0.15, 0.2) is 60.0 Å². The lowest BCUT2D eigenvalue weighted by atomic mass is 10.1. The Morgan fingerprint density at radius 3 is 2.48 bits per heavy atom. The summed E-state index contributed by atoms with van der Waals surface area (Å²) in [6.45, 7) is 2.68. The molecule has 1 amide bonds. The number of hydrogen-bond acceptors (Lipinski definition) is 6. The molecule has 4 aliphatic rings. The maximum absolute atomic E-state index is 13.7. The minimum atomic E-state index is -4.95. The van der Waals surface area contributed by atoms with Crippen molar-refractivity contribution in [3.63, 3.8) is 0 Å². The molecule has 0 aliphatic carbocycles. The first kappa shape index (κ1) is 27.0. The summed E-state index contributed by atoms with van der Waals surface area (Å²) in [5.74, 6) is 1.06. The van der Waals surface area contributed by atoms with E-state index in [1.54, 1.807) is 16.7 Å². The van der Waals surface area contributed by atoms with Crippen LogP contribution in [0, 0.1) is 0 Å². The van der Waals surface area contributed by atoms with Crippen molar-refractivity contribution in [1.29, 1.82) is 0 Å². The third-order valence-electron chi connectivity index (χ3n) is 7.48. The number of halogens is 6. The molecule has 7 nitrogen and oxygen atoms in total. The number of pyridine rings is 1. The first-order valence-electron chi connectivity index (χ1n) is 12.6. The highest BCUT2D eigenvalue weighted by Crippen LogP contribution is 2.40. The summed E-state index contributed by atoms with van der Waals surface area (Å²) in [4.78, 5) is 20.3. The van der Waals surface area contributed by atoms with Crippen LogP contribution in [0.25, 0.3) is 10.9 Å². The maximum Gasteiger partial charge on any atom is 0.573 e. The Kier molecular flexibility index (Phi) is 6.54. The van der Waals surface area contributed by atoms with E-state index >= 15 is 0 Å². The predicted molar refractivity (Wildman–Crippen MR) is 137 cm³/mol. The molecule has 2 saturated heterocycles. The van der Waals surface area contributed by atoms with Gasteiger partial charge >= 0.3 is 12.5 Å². The Morgan fingerprint density at radius 2 is 1.80 bits per heavy atom. The van der Waals surface area contributed by atoms with Gasteiger partial charge in [0.15, 0.2) is 5.70 Å². The highest BCUT2D eigenvalue weighted by atomic mass is 32.2. The van der Waals surface area contributed by atoms with Crippen LogP contribution >= 0.6 is 11.8 Å². The number of hydrogen-bond donors (Lipinski definition) is 0. The van der Waals surface area contributed by atoms with Crippen molar-refractivity contribution in [3.8, 4) is 5.75 Å². The van der Waals surface area contributed by atoms with Crippen molar-refractivity contribution >= 4 is 34.3 Å². The predicted octanol–water partition coefficient (Wildman–Crippen LogP) is 4.89. The molecule has 6 rings (SSSR count). The summed E-state index contributed by atoms with van der Waals surface area (Å²) in [6, 6.07) is 4.01. The summed E-state index contributed by atoms with van der Waals surface area (Å²) < 4.78 is 83.9.